The molecule has 1 N–H and O–H groups in total. The lowest BCUT2D eigenvalue weighted by Gasteiger charge is -2.42. The molecule has 534 valence electrons. The van der Waals surface area contributed by atoms with Crippen molar-refractivity contribution in [3.05, 3.63) is 165 Å². The molecule has 0 bridgehead atoms. The van der Waals surface area contributed by atoms with E-state index in [4.69, 9.17) is 52.8 Å². The number of carbonyl (C=O) groups excluding carboxylic acids is 1. The van der Waals surface area contributed by atoms with Crippen LogP contribution < -0.4 is 47.8 Å². The molecule has 8 heterocycles. The summed E-state index contributed by atoms with van der Waals surface area (Å²) in [6.45, 7) is 7.37. The van der Waals surface area contributed by atoms with Crippen LogP contribution >= 0.6 is 0 Å². The minimum atomic E-state index is -3.34. The number of cyclic esters (lactones) is 1. The van der Waals surface area contributed by atoms with Gasteiger partial charge in [0, 0.05) is 183 Å². The molecule has 6 aromatic heterocycles. The molecule has 0 saturated carbocycles. The first kappa shape index (κ1) is 71.1. The van der Waals surface area contributed by atoms with E-state index in [0.29, 0.717) is 67.0 Å². The Balaban J connectivity index is 0.000000146. The highest BCUT2D eigenvalue weighted by Crippen LogP contribution is 2.40. The van der Waals surface area contributed by atoms with E-state index >= 15 is 0 Å². The van der Waals surface area contributed by atoms with Crippen molar-refractivity contribution in [2.45, 2.75) is 13.3 Å². The summed E-state index contributed by atoms with van der Waals surface area (Å²) in [6, 6.07) is 35.1. The number of anilines is 6. The Morgan fingerprint density at radius 1 is 0.485 bits per heavy atom. The lowest BCUT2D eigenvalue weighted by Crippen LogP contribution is -2.47. The standard InChI is InChI=1S/C26H28N6O4.C25H27N5O3.C23H26N6O4S/c1-30-17-18(15-28-30)25-16-27-23-6-5-19(13-24(23)29-25)32(8-4-7-31-9-10-36-26(31)33)20-11-21(34-2)14-22(12-20)35-3;1-25(15-33-16-25)14-30(19-7-20(31-3)10-21(8-19)32-4)18-5-6-22-23(9-18)28-24(12-26-22)17-11-27-29(2)13-17;1-28-15-16(13-25-28)23-14-24-21-6-5-17(11-22(21)27-23)29(8-7-26-34(4,30)31)18-9-19(32-2)12-20(10-18)33-3/h5-6,11-17H,4,7-10H2,1-3H3;5-13H,14-16H2,1-4H3;5-6,9-15,26H,7-8H2,1-4H3. The molecule has 0 aliphatic carbocycles. The van der Waals surface area contributed by atoms with Gasteiger partial charge in [-0.25, -0.2) is 32.9 Å². The van der Waals surface area contributed by atoms with Gasteiger partial charge in [0.2, 0.25) is 10.0 Å². The van der Waals surface area contributed by atoms with Crippen LogP contribution in [0, 0.1) is 5.41 Å². The van der Waals surface area contributed by atoms with Gasteiger partial charge in [0.25, 0.3) is 0 Å². The molecule has 1 amide bonds. The average Bonchev–Trinajstić information content (AvgIpc) is 1.14. The Morgan fingerprint density at radius 2 is 0.854 bits per heavy atom. The minimum absolute atomic E-state index is 0.0501. The Labute approximate surface area is 596 Å². The molecule has 6 aromatic carbocycles. The number of benzene rings is 6. The number of nitrogens with zero attached hydrogens (tertiary/aromatic N) is 16. The number of hydrogen-bond acceptors (Lipinski definition) is 23. The number of sulfonamides is 1. The fourth-order valence-electron chi connectivity index (χ4n) is 11.9. The lowest BCUT2D eigenvalue weighted by atomic mass is 9.87. The maximum Gasteiger partial charge on any atom is 0.409 e. The van der Waals surface area contributed by atoms with Crippen LogP contribution in [0.1, 0.15) is 13.3 Å². The fraction of sp³-hybridized carbons (Fsp3) is 0.297. The predicted molar refractivity (Wildman–Crippen MR) is 394 cm³/mol. The zero-order valence-electron chi connectivity index (χ0n) is 59.2. The second kappa shape index (κ2) is 31.5. The SMILES string of the molecule is COc1cc(OC)cc(N(CC2(C)COC2)c2ccc3ncc(-c4cnn(C)c4)nc3c2)c1.COc1cc(OC)cc(N(CCCN2CCOC2=O)c2ccc3ncc(-c4cnn(C)c4)nc3c2)c1.COc1cc(OC)cc(N(CCNS(C)(=O)=O)c2ccc3ncc(-c4cnn(C)c4)nc3c2)c1. The number of hydrogen-bond donors (Lipinski definition) is 1. The number of amides is 1. The zero-order valence-corrected chi connectivity index (χ0v) is 60.0. The number of methoxy groups -OCH3 is 6. The molecule has 29 heteroatoms. The summed E-state index contributed by atoms with van der Waals surface area (Å²) in [7, 11) is 12.0. The number of nitrogens with one attached hydrogen (secondary N) is 1. The lowest BCUT2D eigenvalue weighted by molar-refractivity contribution is -0.0946. The first-order chi connectivity index (χ1) is 49.7. The number of aromatic nitrogens is 12. The van der Waals surface area contributed by atoms with Gasteiger partial charge in [-0.1, -0.05) is 6.92 Å². The van der Waals surface area contributed by atoms with Gasteiger partial charge in [-0.05, 0) is 61.0 Å². The van der Waals surface area contributed by atoms with E-state index in [-0.39, 0.29) is 18.1 Å². The first-order valence-corrected chi connectivity index (χ1v) is 34.9. The number of aryl methyl sites for hydroxylation is 3. The molecule has 2 aliphatic heterocycles. The summed E-state index contributed by atoms with van der Waals surface area (Å²) in [6.07, 6.45) is 17.9. The van der Waals surface area contributed by atoms with Crippen LogP contribution in [-0.4, -0.2) is 187 Å². The van der Waals surface area contributed by atoms with Crippen molar-refractivity contribution in [1.29, 1.82) is 0 Å². The van der Waals surface area contributed by atoms with Gasteiger partial charge < -0.3 is 57.5 Å². The highest BCUT2D eigenvalue weighted by Gasteiger charge is 2.36. The summed E-state index contributed by atoms with van der Waals surface area (Å²) >= 11 is 0. The topological polar surface area (TPSA) is 281 Å². The molecule has 12 aromatic rings. The maximum atomic E-state index is 11.9. The second-order valence-corrected chi connectivity index (χ2v) is 26.9. The van der Waals surface area contributed by atoms with Gasteiger partial charge >= 0.3 is 6.09 Å². The highest BCUT2D eigenvalue weighted by atomic mass is 32.2. The number of rotatable bonds is 25. The summed E-state index contributed by atoms with van der Waals surface area (Å²) in [4.78, 5) is 48.3. The molecular formula is C74H81N17O11S. The normalized spacial score (nSPS) is 13.1. The largest absolute Gasteiger partial charge is 0.497 e. The van der Waals surface area contributed by atoms with E-state index in [1.807, 2.05) is 136 Å². The maximum absolute atomic E-state index is 11.9. The van der Waals surface area contributed by atoms with Crippen LogP contribution in [0.25, 0.3) is 66.9 Å². The van der Waals surface area contributed by atoms with Crippen molar-refractivity contribution in [1.82, 2.24) is 68.9 Å². The molecule has 103 heavy (non-hydrogen) atoms. The van der Waals surface area contributed by atoms with Gasteiger partial charge in [0.15, 0.2) is 0 Å². The summed E-state index contributed by atoms with van der Waals surface area (Å²) in [5.74, 6) is 4.10. The van der Waals surface area contributed by atoms with Crippen molar-refractivity contribution < 1.29 is 51.1 Å². The molecule has 2 aliphatic rings. The van der Waals surface area contributed by atoms with Crippen LogP contribution in [-0.2, 0) is 40.6 Å². The monoisotopic (exact) mass is 1420 g/mol. The number of ether oxygens (including phenoxy) is 8. The van der Waals surface area contributed by atoms with Crippen molar-refractivity contribution in [2.75, 3.05) is 123 Å². The summed E-state index contributed by atoms with van der Waals surface area (Å²) < 4.78 is 74.6. The van der Waals surface area contributed by atoms with Crippen LogP contribution in [0.4, 0.5) is 38.9 Å². The molecule has 28 nitrogen and oxygen atoms in total. The van der Waals surface area contributed by atoms with Crippen LogP contribution in [0.5, 0.6) is 34.5 Å². The molecule has 0 spiro atoms. The first-order valence-electron chi connectivity index (χ1n) is 33.0. The number of carbonyl (C=O) groups is 1. The summed E-state index contributed by atoms with van der Waals surface area (Å²) in [5, 5.41) is 12.7. The van der Waals surface area contributed by atoms with E-state index < -0.39 is 10.0 Å². The molecule has 0 unspecified atom stereocenters. The Morgan fingerprint density at radius 3 is 1.17 bits per heavy atom. The van der Waals surface area contributed by atoms with Crippen molar-refractivity contribution in [2.24, 2.45) is 26.6 Å². The van der Waals surface area contributed by atoms with Gasteiger partial charge in [0.05, 0.1) is 156 Å². The molecule has 2 saturated heterocycles. The fourth-order valence-corrected chi connectivity index (χ4v) is 12.3. The van der Waals surface area contributed by atoms with Crippen LogP contribution in [0.3, 0.4) is 0 Å². The van der Waals surface area contributed by atoms with Crippen molar-refractivity contribution in [3.63, 3.8) is 0 Å². The van der Waals surface area contributed by atoms with Crippen LogP contribution in [0.2, 0.25) is 0 Å². The predicted octanol–water partition coefficient (Wildman–Crippen LogP) is 11.0. The molecule has 0 atom stereocenters. The van der Waals surface area contributed by atoms with Gasteiger partial charge in [-0.3, -0.25) is 29.0 Å². The van der Waals surface area contributed by atoms with E-state index in [2.05, 4.69) is 63.8 Å². The number of fused-ring (bicyclic) bond motifs is 3. The van der Waals surface area contributed by atoms with E-state index in [1.165, 1.54) is 0 Å². The Kier molecular flexibility index (Phi) is 21.7. The molecule has 2 fully saturated rings. The van der Waals surface area contributed by atoms with Gasteiger partial charge in [-0.2, -0.15) is 15.3 Å². The van der Waals surface area contributed by atoms with Crippen molar-refractivity contribution >= 4 is 83.3 Å². The molecular weight excluding hydrogens is 1330 g/mol. The Hall–Kier alpha value is -11.7. The van der Waals surface area contributed by atoms with Crippen LogP contribution in [0.15, 0.2) is 165 Å². The van der Waals surface area contributed by atoms with E-state index in [9.17, 15) is 13.2 Å². The van der Waals surface area contributed by atoms with E-state index in [1.54, 1.807) is 105 Å². The minimum Gasteiger partial charge on any atom is -0.497 e. The quantitative estimate of drug-likeness (QED) is 0.0556. The zero-order chi connectivity index (χ0) is 72.4. The van der Waals surface area contributed by atoms with Gasteiger partial charge in [-0.15, -0.1) is 0 Å². The van der Waals surface area contributed by atoms with Crippen molar-refractivity contribution in [3.8, 4) is 68.3 Å². The second-order valence-electron chi connectivity index (χ2n) is 25.0. The molecule has 0 radical (unpaired) electrons. The average molecular weight is 1420 g/mol. The van der Waals surface area contributed by atoms with E-state index in [0.717, 1.165) is 134 Å². The summed E-state index contributed by atoms with van der Waals surface area (Å²) in [5.41, 5.74) is 15.2. The highest BCUT2D eigenvalue weighted by molar-refractivity contribution is 7.88. The van der Waals surface area contributed by atoms with Gasteiger partial charge in [0.1, 0.15) is 41.1 Å². The Bertz CT molecular complexity index is 5040. The third-order valence-electron chi connectivity index (χ3n) is 17.3. The third-order valence-corrected chi connectivity index (χ3v) is 18.0. The molecule has 14 rings (SSSR count). The smallest absolute Gasteiger partial charge is 0.409 e. The third kappa shape index (κ3) is 17.4.